The summed E-state index contributed by atoms with van der Waals surface area (Å²) in [5.74, 6) is -0.653. The fourth-order valence-corrected chi connectivity index (χ4v) is 3.14. The lowest BCUT2D eigenvalue weighted by Gasteiger charge is -2.31. The Hall–Kier alpha value is -2.79. The van der Waals surface area contributed by atoms with E-state index in [1.807, 2.05) is 44.2 Å². The second-order valence-electron chi connectivity index (χ2n) is 7.05. The predicted molar refractivity (Wildman–Crippen MR) is 105 cm³/mol. The number of pyridine rings is 1. The van der Waals surface area contributed by atoms with Gasteiger partial charge in [-0.05, 0) is 38.5 Å². The van der Waals surface area contributed by atoms with Gasteiger partial charge in [-0.3, -0.25) is 9.78 Å². The highest BCUT2D eigenvalue weighted by Gasteiger charge is 2.35. The number of nitrogens with zero attached hydrogens (tertiary/aromatic N) is 1. The second-order valence-corrected chi connectivity index (χ2v) is 7.05. The Labute approximate surface area is 158 Å². The molecule has 1 unspecified atom stereocenters. The molecule has 0 aliphatic heterocycles. The molecular formula is C22H23FN2O2. The van der Waals surface area contributed by atoms with Crippen LogP contribution < -0.4 is 5.32 Å². The van der Waals surface area contributed by atoms with Crippen LogP contribution in [0.5, 0.6) is 0 Å². The monoisotopic (exact) mass is 366 g/mol. The largest absolute Gasteiger partial charge is 0.362 e. The number of aromatic nitrogens is 1. The third-order valence-corrected chi connectivity index (χ3v) is 4.28. The van der Waals surface area contributed by atoms with Crippen molar-refractivity contribution in [2.24, 2.45) is 0 Å². The van der Waals surface area contributed by atoms with Gasteiger partial charge in [-0.2, -0.15) is 0 Å². The van der Waals surface area contributed by atoms with Crippen molar-refractivity contribution in [2.45, 2.75) is 38.9 Å². The summed E-state index contributed by atoms with van der Waals surface area (Å²) in [6, 6.07) is 16.2. The summed E-state index contributed by atoms with van der Waals surface area (Å²) in [5.41, 5.74) is 0.743. The molecule has 0 saturated heterocycles. The van der Waals surface area contributed by atoms with E-state index in [9.17, 15) is 9.18 Å². The van der Waals surface area contributed by atoms with Crippen molar-refractivity contribution in [3.8, 4) is 0 Å². The SMILES string of the molecule is CC(C)OC(C)(Cc1ccccc1)C(=O)Nc1cnc2c(F)cccc2c1. The number of nitrogens with one attached hydrogen (secondary N) is 1. The number of hydrogen-bond donors (Lipinski definition) is 1. The number of hydrogen-bond acceptors (Lipinski definition) is 3. The zero-order valence-corrected chi connectivity index (χ0v) is 15.7. The minimum absolute atomic E-state index is 0.117. The third-order valence-electron chi connectivity index (χ3n) is 4.28. The Morgan fingerprint density at radius 3 is 2.63 bits per heavy atom. The molecule has 1 N–H and O–H groups in total. The molecule has 0 fully saturated rings. The zero-order valence-electron chi connectivity index (χ0n) is 15.7. The highest BCUT2D eigenvalue weighted by atomic mass is 19.1. The van der Waals surface area contributed by atoms with Gasteiger partial charge in [0.05, 0.1) is 18.0 Å². The summed E-state index contributed by atoms with van der Waals surface area (Å²) in [7, 11) is 0. The first kappa shape index (κ1) is 19.0. The van der Waals surface area contributed by atoms with E-state index < -0.39 is 5.60 Å². The van der Waals surface area contributed by atoms with Gasteiger partial charge < -0.3 is 10.1 Å². The molecule has 0 bridgehead atoms. The summed E-state index contributed by atoms with van der Waals surface area (Å²) in [6.07, 6.45) is 1.78. The molecule has 0 saturated carbocycles. The van der Waals surface area contributed by atoms with Crippen LogP contribution in [-0.2, 0) is 16.0 Å². The lowest BCUT2D eigenvalue weighted by atomic mass is 9.94. The van der Waals surface area contributed by atoms with Crippen molar-refractivity contribution in [2.75, 3.05) is 5.32 Å². The Kier molecular flexibility index (Phi) is 5.51. The molecule has 2 aromatic carbocycles. The van der Waals surface area contributed by atoms with Gasteiger partial charge in [-0.1, -0.05) is 42.5 Å². The van der Waals surface area contributed by atoms with Crippen LogP contribution in [0.1, 0.15) is 26.3 Å². The summed E-state index contributed by atoms with van der Waals surface area (Å²) in [4.78, 5) is 17.2. The van der Waals surface area contributed by atoms with E-state index in [0.717, 1.165) is 5.56 Å². The fourth-order valence-electron chi connectivity index (χ4n) is 3.14. The molecule has 1 aromatic heterocycles. The molecule has 1 heterocycles. The van der Waals surface area contributed by atoms with Crippen molar-refractivity contribution >= 4 is 22.5 Å². The average molecular weight is 366 g/mol. The minimum atomic E-state index is -1.05. The minimum Gasteiger partial charge on any atom is -0.362 e. The van der Waals surface area contributed by atoms with E-state index in [4.69, 9.17) is 4.74 Å². The number of anilines is 1. The van der Waals surface area contributed by atoms with Gasteiger partial charge in [0.2, 0.25) is 0 Å². The number of halogens is 1. The molecule has 0 spiro atoms. The van der Waals surface area contributed by atoms with Gasteiger partial charge in [-0.15, -0.1) is 0 Å². The molecule has 1 atom stereocenters. The average Bonchev–Trinajstić information content (AvgIpc) is 2.62. The third kappa shape index (κ3) is 4.49. The standard InChI is InChI=1S/C22H23FN2O2/c1-15(2)27-22(3,13-16-8-5-4-6-9-16)21(26)25-18-12-17-10-7-11-19(23)20(17)24-14-18/h4-12,14-15H,13H2,1-3H3,(H,25,26). The number of rotatable bonds is 6. The second kappa shape index (κ2) is 7.84. The number of benzene rings is 2. The molecule has 3 rings (SSSR count). The van der Waals surface area contributed by atoms with E-state index in [1.54, 1.807) is 25.1 Å². The lowest BCUT2D eigenvalue weighted by Crippen LogP contribution is -2.46. The van der Waals surface area contributed by atoms with Gasteiger partial charge in [0.15, 0.2) is 0 Å². The maximum absolute atomic E-state index is 13.8. The first-order chi connectivity index (χ1) is 12.9. The molecule has 4 nitrogen and oxygen atoms in total. The zero-order chi connectivity index (χ0) is 19.4. The summed E-state index contributed by atoms with van der Waals surface area (Å²) in [6.45, 7) is 5.58. The molecule has 1 amide bonds. The Balaban J connectivity index is 1.85. The van der Waals surface area contributed by atoms with Crippen LogP contribution in [-0.4, -0.2) is 22.6 Å². The molecule has 0 radical (unpaired) electrons. The van der Waals surface area contributed by atoms with Gasteiger partial charge in [-0.25, -0.2) is 4.39 Å². The maximum Gasteiger partial charge on any atom is 0.256 e. The molecule has 5 heteroatoms. The number of amides is 1. The number of fused-ring (bicyclic) bond motifs is 1. The predicted octanol–water partition coefficient (Wildman–Crippen LogP) is 4.74. The summed E-state index contributed by atoms with van der Waals surface area (Å²) < 4.78 is 19.8. The molecule has 3 aromatic rings. The van der Waals surface area contributed by atoms with Crippen molar-refractivity contribution in [3.05, 3.63) is 72.2 Å². The van der Waals surface area contributed by atoms with Gasteiger partial charge >= 0.3 is 0 Å². The number of para-hydroxylation sites is 1. The van der Waals surface area contributed by atoms with Crippen molar-refractivity contribution in [3.63, 3.8) is 0 Å². The van der Waals surface area contributed by atoms with Crippen LogP contribution in [0.25, 0.3) is 10.9 Å². The lowest BCUT2D eigenvalue weighted by molar-refractivity contribution is -0.144. The quantitative estimate of drug-likeness (QED) is 0.686. The molecule has 0 aliphatic carbocycles. The fraction of sp³-hybridized carbons (Fsp3) is 0.273. The van der Waals surface area contributed by atoms with Crippen LogP contribution in [0.15, 0.2) is 60.8 Å². The molecular weight excluding hydrogens is 343 g/mol. The first-order valence-electron chi connectivity index (χ1n) is 8.95. The Morgan fingerprint density at radius 1 is 1.19 bits per heavy atom. The number of ether oxygens (including phenoxy) is 1. The highest BCUT2D eigenvalue weighted by molar-refractivity contribution is 5.98. The van der Waals surface area contributed by atoms with Crippen molar-refractivity contribution in [1.82, 2.24) is 4.98 Å². The Bertz CT molecular complexity index is 943. The van der Waals surface area contributed by atoms with Crippen LogP contribution in [0.3, 0.4) is 0 Å². The van der Waals surface area contributed by atoms with Crippen molar-refractivity contribution in [1.29, 1.82) is 0 Å². The van der Waals surface area contributed by atoms with E-state index >= 15 is 0 Å². The summed E-state index contributed by atoms with van der Waals surface area (Å²) in [5, 5.41) is 3.50. The number of carbonyl (C=O) groups excluding carboxylic acids is 1. The Morgan fingerprint density at radius 2 is 1.93 bits per heavy atom. The van der Waals surface area contributed by atoms with Crippen LogP contribution in [0, 0.1) is 5.82 Å². The maximum atomic E-state index is 13.8. The highest BCUT2D eigenvalue weighted by Crippen LogP contribution is 2.24. The van der Waals surface area contributed by atoms with Gasteiger partial charge in [0, 0.05) is 11.8 Å². The van der Waals surface area contributed by atoms with E-state index in [2.05, 4.69) is 10.3 Å². The van der Waals surface area contributed by atoms with Gasteiger partial charge in [0.1, 0.15) is 16.9 Å². The normalized spacial score (nSPS) is 13.5. The van der Waals surface area contributed by atoms with Gasteiger partial charge in [0.25, 0.3) is 5.91 Å². The van der Waals surface area contributed by atoms with Crippen LogP contribution in [0.2, 0.25) is 0 Å². The van der Waals surface area contributed by atoms with E-state index in [1.165, 1.54) is 12.3 Å². The topological polar surface area (TPSA) is 51.2 Å². The molecule has 0 aliphatic rings. The molecule has 140 valence electrons. The number of carbonyl (C=O) groups is 1. The smallest absolute Gasteiger partial charge is 0.256 e. The van der Waals surface area contributed by atoms with E-state index in [0.29, 0.717) is 17.5 Å². The summed E-state index contributed by atoms with van der Waals surface area (Å²) >= 11 is 0. The van der Waals surface area contributed by atoms with Crippen LogP contribution >= 0.6 is 0 Å². The first-order valence-corrected chi connectivity index (χ1v) is 8.95. The van der Waals surface area contributed by atoms with Crippen LogP contribution in [0.4, 0.5) is 10.1 Å². The van der Waals surface area contributed by atoms with E-state index in [-0.39, 0.29) is 23.3 Å². The van der Waals surface area contributed by atoms with Crippen molar-refractivity contribution < 1.29 is 13.9 Å². The molecule has 27 heavy (non-hydrogen) atoms.